The largest absolute Gasteiger partial charge is 0.497 e. The van der Waals surface area contributed by atoms with E-state index in [1.807, 2.05) is 50.2 Å². The number of aromatic nitrogens is 1. The van der Waals surface area contributed by atoms with Crippen LogP contribution in [0.15, 0.2) is 53.1 Å². The van der Waals surface area contributed by atoms with E-state index in [0.29, 0.717) is 32.8 Å². The molecule has 186 valence electrons. The lowest BCUT2D eigenvalue weighted by atomic mass is 10.0. The third-order valence-electron chi connectivity index (χ3n) is 6.33. The van der Waals surface area contributed by atoms with Gasteiger partial charge >= 0.3 is 0 Å². The molecule has 0 spiro atoms. The van der Waals surface area contributed by atoms with Crippen LogP contribution in [-0.4, -0.2) is 55.9 Å². The Morgan fingerprint density at radius 3 is 2.37 bits per heavy atom. The van der Waals surface area contributed by atoms with Crippen LogP contribution in [0.5, 0.6) is 11.5 Å². The first kappa shape index (κ1) is 24.8. The SMILES string of the molecule is COc1ccc(C(CNC(=O)Cc2ccc(OCc3c(C)noc3C)cc2)N2CCOCC2)cc1. The van der Waals surface area contributed by atoms with Gasteiger partial charge in [-0.05, 0) is 49.2 Å². The van der Waals surface area contributed by atoms with Gasteiger partial charge in [-0.25, -0.2) is 0 Å². The van der Waals surface area contributed by atoms with E-state index < -0.39 is 0 Å². The molecule has 0 radical (unpaired) electrons. The van der Waals surface area contributed by atoms with Gasteiger partial charge in [-0.2, -0.15) is 0 Å². The summed E-state index contributed by atoms with van der Waals surface area (Å²) in [4.78, 5) is 15.1. The maximum absolute atomic E-state index is 12.7. The summed E-state index contributed by atoms with van der Waals surface area (Å²) in [5.41, 5.74) is 3.87. The maximum atomic E-state index is 12.7. The minimum atomic E-state index is -0.0128. The zero-order valence-electron chi connectivity index (χ0n) is 20.6. The zero-order valence-corrected chi connectivity index (χ0v) is 20.6. The summed E-state index contributed by atoms with van der Waals surface area (Å²) in [5.74, 6) is 2.31. The van der Waals surface area contributed by atoms with Gasteiger partial charge in [0.2, 0.25) is 5.91 Å². The van der Waals surface area contributed by atoms with Crippen LogP contribution in [0.2, 0.25) is 0 Å². The van der Waals surface area contributed by atoms with Gasteiger partial charge in [-0.1, -0.05) is 29.4 Å². The van der Waals surface area contributed by atoms with E-state index in [1.165, 1.54) is 0 Å². The number of carbonyl (C=O) groups excluding carboxylic acids is 1. The van der Waals surface area contributed by atoms with E-state index in [0.717, 1.165) is 52.7 Å². The number of morpholine rings is 1. The van der Waals surface area contributed by atoms with Crippen molar-refractivity contribution in [2.75, 3.05) is 40.0 Å². The monoisotopic (exact) mass is 479 g/mol. The Hall–Kier alpha value is -3.36. The smallest absolute Gasteiger partial charge is 0.224 e. The molecule has 1 aliphatic rings. The molecule has 1 aromatic heterocycles. The first-order valence-corrected chi connectivity index (χ1v) is 11.9. The molecule has 1 atom stereocenters. The number of rotatable bonds is 10. The average Bonchev–Trinajstić information content (AvgIpc) is 3.21. The molecule has 0 saturated carbocycles. The third kappa shape index (κ3) is 6.61. The Bertz CT molecular complexity index is 1070. The summed E-state index contributed by atoms with van der Waals surface area (Å²) >= 11 is 0. The maximum Gasteiger partial charge on any atom is 0.224 e. The summed E-state index contributed by atoms with van der Waals surface area (Å²) in [5, 5.41) is 7.07. The van der Waals surface area contributed by atoms with E-state index in [4.69, 9.17) is 18.7 Å². The lowest BCUT2D eigenvalue weighted by Gasteiger charge is -2.35. The molecular formula is C27H33N3O5. The van der Waals surface area contributed by atoms with Crippen LogP contribution in [-0.2, 0) is 22.6 Å². The predicted molar refractivity (Wildman–Crippen MR) is 132 cm³/mol. The van der Waals surface area contributed by atoms with Gasteiger partial charge in [0.1, 0.15) is 23.9 Å². The number of nitrogens with zero attached hydrogens (tertiary/aromatic N) is 2. The molecule has 0 aliphatic carbocycles. The Kier molecular flexibility index (Phi) is 8.39. The summed E-state index contributed by atoms with van der Waals surface area (Å²) < 4.78 is 21.8. The highest BCUT2D eigenvalue weighted by Gasteiger charge is 2.23. The van der Waals surface area contributed by atoms with Crippen molar-refractivity contribution in [2.45, 2.75) is 32.9 Å². The second-order valence-corrected chi connectivity index (χ2v) is 8.65. The van der Waals surface area contributed by atoms with Crippen molar-refractivity contribution in [2.24, 2.45) is 0 Å². The normalized spacial score (nSPS) is 14.9. The van der Waals surface area contributed by atoms with Crippen molar-refractivity contribution in [1.29, 1.82) is 0 Å². The van der Waals surface area contributed by atoms with Crippen LogP contribution < -0.4 is 14.8 Å². The molecule has 3 aromatic rings. The van der Waals surface area contributed by atoms with Crippen LogP contribution in [0, 0.1) is 13.8 Å². The Balaban J connectivity index is 1.32. The minimum Gasteiger partial charge on any atom is -0.497 e. The minimum absolute atomic E-state index is 0.0128. The summed E-state index contributed by atoms with van der Waals surface area (Å²) in [6.07, 6.45) is 0.308. The van der Waals surface area contributed by atoms with Gasteiger partial charge in [-0.3, -0.25) is 9.69 Å². The number of hydrogen-bond acceptors (Lipinski definition) is 7. The fraction of sp³-hybridized carbons (Fsp3) is 0.407. The van der Waals surface area contributed by atoms with Gasteiger partial charge in [0.05, 0.1) is 44.0 Å². The van der Waals surface area contributed by atoms with Crippen molar-refractivity contribution in [3.8, 4) is 11.5 Å². The lowest BCUT2D eigenvalue weighted by molar-refractivity contribution is -0.120. The van der Waals surface area contributed by atoms with E-state index in [2.05, 4.69) is 27.5 Å². The van der Waals surface area contributed by atoms with Gasteiger partial charge in [0.15, 0.2) is 0 Å². The average molecular weight is 480 g/mol. The molecule has 2 aromatic carbocycles. The first-order chi connectivity index (χ1) is 17.0. The molecule has 1 amide bonds. The second kappa shape index (κ2) is 11.9. The molecule has 1 saturated heterocycles. The van der Waals surface area contributed by atoms with E-state index in [-0.39, 0.29) is 11.9 Å². The number of methoxy groups -OCH3 is 1. The fourth-order valence-electron chi connectivity index (χ4n) is 4.20. The van der Waals surface area contributed by atoms with E-state index in [9.17, 15) is 4.79 Å². The highest BCUT2D eigenvalue weighted by atomic mass is 16.5. The molecular weight excluding hydrogens is 446 g/mol. The van der Waals surface area contributed by atoms with Crippen LogP contribution in [0.25, 0.3) is 0 Å². The summed E-state index contributed by atoms with van der Waals surface area (Å²) in [6.45, 7) is 7.77. The van der Waals surface area contributed by atoms with Gasteiger partial charge in [-0.15, -0.1) is 0 Å². The van der Waals surface area contributed by atoms with Gasteiger partial charge in [0, 0.05) is 19.6 Å². The summed E-state index contributed by atoms with van der Waals surface area (Å²) in [6, 6.07) is 15.7. The Morgan fingerprint density at radius 2 is 1.74 bits per heavy atom. The number of amides is 1. The molecule has 2 heterocycles. The van der Waals surface area contributed by atoms with Crippen LogP contribution in [0.3, 0.4) is 0 Å². The van der Waals surface area contributed by atoms with Gasteiger partial charge < -0.3 is 24.1 Å². The summed E-state index contributed by atoms with van der Waals surface area (Å²) in [7, 11) is 1.66. The lowest BCUT2D eigenvalue weighted by Crippen LogP contribution is -2.44. The molecule has 8 nitrogen and oxygen atoms in total. The number of aryl methyl sites for hydroxylation is 2. The number of nitrogens with one attached hydrogen (secondary N) is 1. The highest BCUT2D eigenvalue weighted by molar-refractivity contribution is 5.78. The van der Waals surface area contributed by atoms with Crippen LogP contribution >= 0.6 is 0 Å². The van der Waals surface area contributed by atoms with Crippen molar-refractivity contribution in [3.63, 3.8) is 0 Å². The third-order valence-corrected chi connectivity index (χ3v) is 6.33. The van der Waals surface area contributed by atoms with Crippen LogP contribution in [0.4, 0.5) is 0 Å². The molecule has 0 bridgehead atoms. The predicted octanol–water partition coefficient (Wildman–Crippen LogP) is 3.61. The number of ether oxygens (including phenoxy) is 3. The quantitative estimate of drug-likeness (QED) is 0.475. The Labute approximate surface area is 206 Å². The molecule has 1 N–H and O–H groups in total. The van der Waals surface area contributed by atoms with Crippen molar-refractivity contribution < 1.29 is 23.5 Å². The Morgan fingerprint density at radius 1 is 1.06 bits per heavy atom. The molecule has 4 rings (SSSR count). The molecule has 1 unspecified atom stereocenters. The number of carbonyl (C=O) groups is 1. The van der Waals surface area contributed by atoms with E-state index >= 15 is 0 Å². The van der Waals surface area contributed by atoms with Crippen molar-refractivity contribution in [1.82, 2.24) is 15.4 Å². The second-order valence-electron chi connectivity index (χ2n) is 8.65. The molecule has 8 heteroatoms. The van der Waals surface area contributed by atoms with E-state index in [1.54, 1.807) is 7.11 Å². The zero-order chi connectivity index (χ0) is 24.6. The number of benzene rings is 2. The topological polar surface area (TPSA) is 86.1 Å². The fourth-order valence-corrected chi connectivity index (χ4v) is 4.20. The van der Waals surface area contributed by atoms with Gasteiger partial charge in [0.25, 0.3) is 0 Å². The molecule has 35 heavy (non-hydrogen) atoms. The standard InChI is InChI=1S/C27H33N3O5/c1-19-25(20(2)35-29-19)18-34-24-8-4-21(5-9-24)16-27(31)28-17-26(30-12-14-33-15-13-30)22-6-10-23(32-3)11-7-22/h4-11,26H,12-18H2,1-3H3,(H,28,31). The van der Waals surface area contributed by atoms with Crippen molar-refractivity contribution in [3.05, 3.63) is 76.7 Å². The first-order valence-electron chi connectivity index (χ1n) is 11.9. The van der Waals surface area contributed by atoms with Crippen LogP contribution in [0.1, 0.15) is 34.2 Å². The highest BCUT2D eigenvalue weighted by Crippen LogP contribution is 2.24. The molecule has 1 fully saturated rings. The number of hydrogen-bond donors (Lipinski definition) is 1. The molecule has 1 aliphatic heterocycles. The van der Waals surface area contributed by atoms with Crippen molar-refractivity contribution >= 4 is 5.91 Å².